The van der Waals surface area contributed by atoms with Gasteiger partial charge in [0.25, 0.3) is 11.5 Å². The fourth-order valence-corrected chi connectivity index (χ4v) is 2.26. The summed E-state index contributed by atoms with van der Waals surface area (Å²) in [7, 11) is 0. The van der Waals surface area contributed by atoms with Crippen molar-refractivity contribution in [1.82, 2.24) is 14.9 Å². The maximum absolute atomic E-state index is 12.8. The van der Waals surface area contributed by atoms with Crippen molar-refractivity contribution in [3.63, 3.8) is 0 Å². The van der Waals surface area contributed by atoms with Crippen LogP contribution in [0.15, 0.2) is 41.5 Å². The Hall–Kier alpha value is -2.70. The third-order valence-electron chi connectivity index (χ3n) is 3.75. The predicted octanol–water partition coefficient (Wildman–Crippen LogP) is 1.45. The van der Waals surface area contributed by atoms with Crippen LogP contribution in [0, 0.1) is 5.82 Å². The Balaban J connectivity index is 1.41. The zero-order valence-corrected chi connectivity index (χ0v) is 13.1. The first-order valence-electron chi connectivity index (χ1n) is 7.83. The Bertz CT molecular complexity index is 769. The summed E-state index contributed by atoms with van der Waals surface area (Å²) in [6.45, 7) is 0.481. The number of carbonyl (C=O) groups is 1. The molecule has 1 aromatic heterocycles. The lowest BCUT2D eigenvalue weighted by molar-refractivity contribution is -0.123. The van der Waals surface area contributed by atoms with Gasteiger partial charge in [0.15, 0.2) is 6.61 Å². The van der Waals surface area contributed by atoms with E-state index in [4.69, 9.17) is 4.74 Å². The largest absolute Gasteiger partial charge is 0.484 e. The summed E-state index contributed by atoms with van der Waals surface area (Å²) in [4.78, 5) is 27.9. The number of hydrogen-bond acceptors (Lipinski definition) is 4. The van der Waals surface area contributed by atoms with E-state index in [0.29, 0.717) is 24.8 Å². The number of nitrogens with zero attached hydrogens (tertiary/aromatic N) is 2. The molecule has 1 aromatic carbocycles. The number of aromatic nitrogens is 2. The summed E-state index contributed by atoms with van der Waals surface area (Å²) in [5.74, 6) is 0.187. The number of rotatable bonds is 7. The van der Waals surface area contributed by atoms with E-state index in [-0.39, 0.29) is 23.9 Å². The number of hydrogen-bond donors (Lipinski definition) is 1. The summed E-state index contributed by atoms with van der Waals surface area (Å²) in [6.07, 6.45) is 3.72. The molecule has 2 aromatic rings. The van der Waals surface area contributed by atoms with Crippen molar-refractivity contribution < 1.29 is 13.9 Å². The lowest BCUT2D eigenvalue weighted by Gasteiger charge is -2.09. The number of nitrogens with one attached hydrogen (secondary N) is 1. The van der Waals surface area contributed by atoms with Crippen molar-refractivity contribution in [2.24, 2.45) is 0 Å². The molecule has 0 unspecified atom stereocenters. The van der Waals surface area contributed by atoms with E-state index in [1.165, 1.54) is 35.2 Å². The van der Waals surface area contributed by atoms with Crippen LogP contribution in [-0.2, 0) is 11.3 Å². The van der Waals surface area contributed by atoms with Gasteiger partial charge in [-0.1, -0.05) is 0 Å². The number of amides is 1. The molecule has 1 fully saturated rings. The van der Waals surface area contributed by atoms with Crippen LogP contribution in [0.25, 0.3) is 0 Å². The molecule has 1 heterocycles. The van der Waals surface area contributed by atoms with Gasteiger partial charge in [-0.15, -0.1) is 0 Å². The van der Waals surface area contributed by atoms with E-state index < -0.39 is 0 Å². The minimum Gasteiger partial charge on any atom is -0.484 e. The van der Waals surface area contributed by atoms with Crippen LogP contribution in [-0.4, -0.2) is 28.6 Å². The minimum atomic E-state index is -0.362. The first-order chi connectivity index (χ1) is 11.6. The molecule has 0 radical (unpaired) electrons. The van der Waals surface area contributed by atoms with Crippen molar-refractivity contribution in [3.8, 4) is 5.75 Å². The highest BCUT2D eigenvalue weighted by atomic mass is 19.1. The molecule has 1 amide bonds. The second-order valence-electron chi connectivity index (χ2n) is 5.71. The molecule has 6 nitrogen and oxygen atoms in total. The summed E-state index contributed by atoms with van der Waals surface area (Å²) in [5.41, 5.74) is 0.747. The van der Waals surface area contributed by atoms with Crippen molar-refractivity contribution in [2.45, 2.75) is 25.3 Å². The molecule has 7 heteroatoms. The van der Waals surface area contributed by atoms with Gasteiger partial charge in [-0.25, -0.2) is 9.37 Å². The second kappa shape index (κ2) is 7.25. The van der Waals surface area contributed by atoms with E-state index in [9.17, 15) is 14.0 Å². The normalized spacial score (nSPS) is 13.5. The van der Waals surface area contributed by atoms with E-state index >= 15 is 0 Å². The smallest absolute Gasteiger partial charge is 0.258 e. The van der Waals surface area contributed by atoms with Gasteiger partial charge in [0.05, 0.1) is 12.0 Å². The van der Waals surface area contributed by atoms with E-state index in [1.807, 2.05) is 0 Å². The molecule has 0 bridgehead atoms. The summed E-state index contributed by atoms with van der Waals surface area (Å²) < 4.78 is 19.5. The number of benzene rings is 1. The first-order valence-corrected chi connectivity index (χ1v) is 7.83. The second-order valence-corrected chi connectivity index (χ2v) is 5.71. The first kappa shape index (κ1) is 16.2. The van der Waals surface area contributed by atoms with Gasteiger partial charge in [-0.05, 0) is 37.1 Å². The number of halogens is 1. The average molecular weight is 331 g/mol. The molecule has 0 atom stereocenters. The molecule has 126 valence electrons. The zero-order valence-electron chi connectivity index (χ0n) is 13.1. The van der Waals surface area contributed by atoms with Gasteiger partial charge in [0.1, 0.15) is 11.6 Å². The van der Waals surface area contributed by atoms with Crippen LogP contribution >= 0.6 is 0 Å². The third kappa shape index (κ3) is 4.41. The summed E-state index contributed by atoms with van der Waals surface area (Å²) >= 11 is 0. The average Bonchev–Trinajstić information content (AvgIpc) is 3.41. The highest BCUT2D eigenvalue weighted by Gasteiger charge is 2.25. The van der Waals surface area contributed by atoms with Crippen LogP contribution in [0.1, 0.15) is 24.5 Å². The Labute approximate surface area is 138 Å². The fourth-order valence-electron chi connectivity index (χ4n) is 2.26. The Morgan fingerprint density at radius 1 is 1.33 bits per heavy atom. The predicted molar refractivity (Wildman–Crippen MR) is 85.4 cm³/mol. The molecule has 1 aliphatic carbocycles. The highest BCUT2D eigenvalue weighted by Crippen LogP contribution is 2.38. The van der Waals surface area contributed by atoms with Crippen LogP contribution in [0.3, 0.4) is 0 Å². The standard InChI is InChI=1S/C17H18FN3O3/c18-13-3-5-14(6-4-13)24-10-16(22)19-7-8-21-11-20-15(9-17(21)23)12-1-2-12/h3-6,9,11-12H,1-2,7-8,10H2,(H,19,22). The topological polar surface area (TPSA) is 73.2 Å². The monoisotopic (exact) mass is 331 g/mol. The minimum absolute atomic E-state index is 0.108. The van der Waals surface area contributed by atoms with Gasteiger partial charge in [-0.2, -0.15) is 0 Å². The molecule has 24 heavy (non-hydrogen) atoms. The summed E-state index contributed by atoms with van der Waals surface area (Å²) in [5, 5.41) is 2.66. The van der Waals surface area contributed by atoms with Crippen molar-refractivity contribution >= 4 is 5.91 Å². The van der Waals surface area contributed by atoms with Crippen molar-refractivity contribution in [3.05, 3.63) is 58.5 Å². The van der Waals surface area contributed by atoms with Crippen LogP contribution < -0.4 is 15.6 Å². The fraction of sp³-hybridized carbons (Fsp3) is 0.353. The maximum Gasteiger partial charge on any atom is 0.258 e. The molecule has 0 aliphatic heterocycles. The Morgan fingerprint density at radius 3 is 2.75 bits per heavy atom. The lowest BCUT2D eigenvalue weighted by Crippen LogP contribution is -2.33. The van der Waals surface area contributed by atoms with Gasteiger partial charge in [0.2, 0.25) is 0 Å². The van der Waals surface area contributed by atoms with Crippen molar-refractivity contribution in [1.29, 1.82) is 0 Å². The van der Waals surface area contributed by atoms with Gasteiger partial charge >= 0.3 is 0 Å². The van der Waals surface area contributed by atoms with Crippen LogP contribution in [0.4, 0.5) is 4.39 Å². The quantitative estimate of drug-likeness (QED) is 0.833. The Morgan fingerprint density at radius 2 is 2.08 bits per heavy atom. The SMILES string of the molecule is O=C(COc1ccc(F)cc1)NCCn1cnc(C2CC2)cc1=O. The van der Waals surface area contributed by atoms with E-state index in [2.05, 4.69) is 10.3 Å². The number of carbonyl (C=O) groups excluding carboxylic acids is 1. The highest BCUT2D eigenvalue weighted by molar-refractivity contribution is 5.77. The summed E-state index contributed by atoms with van der Waals surface area (Å²) in [6, 6.07) is 7.00. The van der Waals surface area contributed by atoms with E-state index in [1.54, 1.807) is 6.07 Å². The third-order valence-corrected chi connectivity index (χ3v) is 3.75. The van der Waals surface area contributed by atoms with Crippen LogP contribution in [0.5, 0.6) is 5.75 Å². The Kier molecular flexibility index (Phi) is 4.88. The van der Waals surface area contributed by atoms with Crippen molar-refractivity contribution in [2.75, 3.05) is 13.2 Å². The zero-order chi connectivity index (χ0) is 16.9. The molecular formula is C17H18FN3O3. The van der Waals surface area contributed by atoms with Gasteiger partial charge in [-0.3, -0.25) is 14.2 Å². The molecule has 0 saturated heterocycles. The molecule has 0 spiro atoms. The lowest BCUT2D eigenvalue weighted by atomic mass is 10.3. The van der Waals surface area contributed by atoms with Gasteiger partial charge < -0.3 is 10.1 Å². The molecule has 1 aliphatic rings. The molecule has 3 rings (SSSR count). The van der Waals surface area contributed by atoms with Gasteiger partial charge in [0, 0.05) is 25.1 Å². The maximum atomic E-state index is 12.8. The van der Waals surface area contributed by atoms with Crippen LogP contribution in [0.2, 0.25) is 0 Å². The van der Waals surface area contributed by atoms with E-state index in [0.717, 1.165) is 18.5 Å². The molecule has 1 saturated carbocycles. The molecular weight excluding hydrogens is 313 g/mol. The number of ether oxygens (including phenoxy) is 1. The molecule has 1 N–H and O–H groups in total.